The van der Waals surface area contributed by atoms with E-state index < -0.39 is 5.97 Å². The van der Waals surface area contributed by atoms with E-state index >= 15 is 0 Å². The Morgan fingerprint density at radius 2 is 1.74 bits per heavy atom. The van der Waals surface area contributed by atoms with Crippen molar-refractivity contribution in [1.29, 1.82) is 0 Å². The van der Waals surface area contributed by atoms with Crippen molar-refractivity contribution in [1.82, 2.24) is 0 Å². The minimum atomic E-state index is -0.484. The van der Waals surface area contributed by atoms with Crippen LogP contribution in [0.1, 0.15) is 25.6 Å². The number of esters is 1. The van der Waals surface area contributed by atoms with E-state index in [9.17, 15) is 9.59 Å². The van der Waals surface area contributed by atoms with Gasteiger partial charge < -0.3 is 10.1 Å². The number of methoxy groups -OCH3 is 1. The molecule has 0 atom stereocenters. The Morgan fingerprint density at radius 1 is 1.04 bits per heavy atom. The maximum Gasteiger partial charge on any atom is 0.341 e. The van der Waals surface area contributed by atoms with Crippen LogP contribution in [0.3, 0.4) is 0 Å². The van der Waals surface area contributed by atoms with Crippen LogP contribution in [0.25, 0.3) is 11.1 Å². The molecule has 0 saturated carbocycles. The molecule has 27 heavy (non-hydrogen) atoms. The minimum absolute atomic E-state index is 0.287. The Hall–Kier alpha value is -1.96. The zero-order valence-corrected chi connectivity index (χ0v) is 18.5. The lowest BCUT2D eigenvalue weighted by Crippen LogP contribution is -2.14. The first-order chi connectivity index (χ1) is 12.9. The molecule has 0 unspecified atom stereocenters. The van der Waals surface area contributed by atoms with Crippen molar-refractivity contribution in [2.45, 2.75) is 6.92 Å². The van der Waals surface area contributed by atoms with Crippen LogP contribution in [0.4, 0.5) is 5.00 Å². The third-order valence-corrected chi connectivity index (χ3v) is 5.96. The Labute approximate surface area is 177 Å². The number of hydrogen-bond acceptors (Lipinski definition) is 4. The van der Waals surface area contributed by atoms with Crippen LogP contribution >= 0.6 is 43.2 Å². The molecule has 1 heterocycles. The molecule has 0 aliphatic carbocycles. The predicted molar refractivity (Wildman–Crippen MR) is 116 cm³/mol. The number of carbonyl (C=O) groups excluding carboxylic acids is 2. The van der Waals surface area contributed by atoms with Crippen LogP contribution < -0.4 is 5.32 Å². The van der Waals surface area contributed by atoms with E-state index in [4.69, 9.17) is 4.74 Å². The number of nitrogens with one attached hydrogen (secondary N) is 1. The van der Waals surface area contributed by atoms with Crippen LogP contribution in [0.2, 0.25) is 0 Å². The SMILES string of the molecule is COC(=O)c1c(NC(=O)c2cccc(Br)c2)sc(C)c1-c1ccc(Br)cc1. The number of anilines is 1. The predicted octanol–water partition coefficient (Wildman–Crippen LogP) is 6.29. The molecule has 0 radical (unpaired) electrons. The molecule has 7 heteroatoms. The molecule has 1 N–H and O–H groups in total. The quantitative estimate of drug-likeness (QED) is 0.421. The summed E-state index contributed by atoms with van der Waals surface area (Å²) in [5, 5.41) is 3.33. The molecule has 0 fully saturated rings. The number of hydrogen-bond donors (Lipinski definition) is 1. The van der Waals surface area contributed by atoms with Crippen LogP contribution in [0.5, 0.6) is 0 Å². The lowest BCUT2D eigenvalue weighted by molar-refractivity contribution is 0.0603. The monoisotopic (exact) mass is 507 g/mol. The van der Waals surface area contributed by atoms with E-state index in [0.29, 0.717) is 16.1 Å². The number of carbonyl (C=O) groups is 2. The average Bonchev–Trinajstić information content (AvgIpc) is 2.97. The largest absolute Gasteiger partial charge is 0.465 e. The van der Waals surface area contributed by atoms with Crippen molar-refractivity contribution >= 4 is 60.1 Å². The Bertz CT molecular complexity index is 1010. The third kappa shape index (κ3) is 4.31. The van der Waals surface area contributed by atoms with Gasteiger partial charge in [0, 0.05) is 24.9 Å². The van der Waals surface area contributed by atoms with E-state index in [0.717, 1.165) is 24.9 Å². The molecule has 0 aliphatic rings. The molecule has 1 amide bonds. The van der Waals surface area contributed by atoms with E-state index in [1.54, 1.807) is 18.2 Å². The van der Waals surface area contributed by atoms with Gasteiger partial charge in [-0.1, -0.05) is 50.1 Å². The summed E-state index contributed by atoms with van der Waals surface area (Å²) in [7, 11) is 1.33. The topological polar surface area (TPSA) is 55.4 Å². The molecule has 0 bridgehead atoms. The maximum atomic E-state index is 12.6. The third-order valence-electron chi connectivity index (χ3n) is 3.92. The van der Waals surface area contributed by atoms with E-state index in [2.05, 4.69) is 37.2 Å². The summed E-state index contributed by atoms with van der Waals surface area (Å²) in [6, 6.07) is 14.7. The summed E-state index contributed by atoms with van der Waals surface area (Å²) in [5.74, 6) is -0.771. The van der Waals surface area contributed by atoms with Gasteiger partial charge in [0.15, 0.2) is 0 Å². The summed E-state index contributed by atoms with van der Waals surface area (Å²) in [5.41, 5.74) is 2.52. The fraction of sp³-hybridized carbons (Fsp3) is 0.100. The highest BCUT2D eigenvalue weighted by Gasteiger charge is 2.25. The molecule has 1 aromatic heterocycles. The van der Waals surface area contributed by atoms with Crippen molar-refractivity contribution in [2.24, 2.45) is 0 Å². The van der Waals surface area contributed by atoms with Crippen LogP contribution in [-0.4, -0.2) is 19.0 Å². The van der Waals surface area contributed by atoms with Gasteiger partial charge >= 0.3 is 5.97 Å². The highest BCUT2D eigenvalue weighted by atomic mass is 79.9. The highest BCUT2D eigenvalue weighted by Crippen LogP contribution is 2.40. The van der Waals surface area contributed by atoms with Gasteiger partial charge in [0.1, 0.15) is 10.6 Å². The number of ether oxygens (including phenoxy) is 1. The standard InChI is InChI=1S/C20H15Br2NO3S/c1-11-16(12-6-8-14(21)9-7-12)17(20(25)26-2)19(27-11)23-18(24)13-4-3-5-15(22)10-13/h3-10H,1-2H3,(H,23,24). The molecule has 0 aliphatic heterocycles. The lowest BCUT2D eigenvalue weighted by Gasteiger charge is -2.08. The van der Waals surface area contributed by atoms with Gasteiger partial charge in [0.25, 0.3) is 5.91 Å². The van der Waals surface area contributed by atoms with Gasteiger partial charge in [-0.3, -0.25) is 4.79 Å². The first-order valence-electron chi connectivity index (χ1n) is 7.95. The molecular formula is C20H15Br2NO3S. The summed E-state index contributed by atoms with van der Waals surface area (Å²) in [4.78, 5) is 26.1. The number of amides is 1. The van der Waals surface area contributed by atoms with Gasteiger partial charge in [-0.2, -0.15) is 0 Å². The van der Waals surface area contributed by atoms with Crippen LogP contribution in [0, 0.1) is 6.92 Å². The van der Waals surface area contributed by atoms with E-state index in [-0.39, 0.29) is 5.91 Å². The van der Waals surface area contributed by atoms with Crippen molar-refractivity contribution in [3.05, 3.63) is 73.5 Å². The zero-order chi connectivity index (χ0) is 19.6. The zero-order valence-electron chi connectivity index (χ0n) is 14.5. The van der Waals surface area contributed by atoms with E-state index in [1.165, 1.54) is 18.4 Å². The van der Waals surface area contributed by atoms with Crippen molar-refractivity contribution in [3.8, 4) is 11.1 Å². The summed E-state index contributed by atoms with van der Waals surface area (Å²) in [6.45, 7) is 1.92. The molecule has 0 saturated heterocycles. The molecule has 138 valence electrons. The van der Waals surface area contributed by atoms with Crippen LogP contribution in [0.15, 0.2) is 57.5 Å². The Morgan fingerprint density at radius 3 is 2.37 bits per heavy atom. The summed E-state index contributed by atoms with van der Waals surface area (Å²) in [6.07, 6.45) is 0. The number of thiophene rings is 1. The normalized spacial score (nSPS) is 10.5. The second kappa shape index (κ2) is 8.37. The van der Waals surface area contributed by atoms with Gasteiger partial charge in [-0.05, 0) is 42.8 Å². The maximum absolute atomic E-state index is 12.6. The van der Waals surface area contributed by atoms with Gasteiger partial charge in [-0.15, -0.1) is 11.3 Å². The van der Waals surface area contributed by atoms with Crippen molar-refractivity contribution in [2.75, 3.05) is 12.4 Å². The summed E-state index contributed by atoms with van der Waals surface area (Å²) < 4.78 is 6.74. The molecular weight excluding hydrogens is 494 g/mol. The molecule has 3 aromatic rings. The minimum Gasteiger partial charge on any atom is -0.465 e. The molecule has 3 rings (SSSR count). The number of rotatable bonds is 4. The second-order valence-electron chi connectivity index (χ2n) is 5.70. The molecule has 2 aromatic carbocycles. The fourth-order valence-corrected chi connectivity index (χ4v) is 4.42. The fourth-order valence-electron chi connectivity index (χ4n) is 2.70. The highest BCUT2D eigenvalue weighted by molar-refractivity contribution is 9.10. The molecule has 4 nitrogen and oxygen atoms in total. The van der Waals surface area contributed by atoms with Crippen molar-refractivity contribution < 1.29 is 14.3 Å². The number of aryl methyl sites for hydroxylation is 1. The Kier molecular flexibility index (Phi) is 6.14. The van der Waals surface area contributed by atoms with Gasteiger partial charge in [0.05, 0.1) is 7.11 Å². The van der Waals surface area contributed by atoms with Gasteiger partial charge in [0.2, 0.25) is 0 Å². The van der Waals surface area contributed by atoms with E-state index in [1.807, 2.05) is 37.3 Å². The van der Waals surface area contributed by atoms with Crippen LogP contribution in [-0.2, 0) is 4.74 Å². The first kappa shape index (κ1) is 19.8. The average molecular weight is 509 g/mol. The van der Waals surface area contributed by atoms with Crippen molar-refractivity contribution in [3.63, 3.8) is 0 Å². The summed E-state index contributed by atoms with van der Waals surface area (Å²) >= 11 is 8.13. The van der Waals surface area contributed by atoms with Gasteiger partial charge in [-0.25, -0.2) is 4.79 Å². The molecule has 0 spiro atoms. The Balaban J connectivity index is 2.05. The number of benzene rings is 2. The first-order valence-corrected chi connectivity index (χ1v) is 10.4. The smallest absolute Gasteiger partial charge is 0.341 e. The number of halogens is 2. The lowest BCUT2D eigenvalue weighted by atomic mass is 10.0. The second-order valence-corrected chi connectivity index (χ2v) is 8.76.